The topological polar surface area (TPSA) is 84.9 Å². The molecule has 1 saturated carbocycles. The lowest BCUT2D eigenvalue weighted by Gasteiger charge is -2.28. The van der Waals surface area contributed by atoms with Crippen LogP contribution in [0.5, 0.6) is 6.01 Å². The summed E-state index contributed by atoms with van der Waals surface area (Å²) in [6.07, 6.45) is 6.47. The summed E-state index contributed by atoms with van der Waals surface area (Å²) in [7, 11) is 0. The first-order valence-electron chi connectivity index (χ1n) is 6.01. The van der Waals surface area contributed by atoms with E-state index in [1.54, 1.807) is 12.3 Å². The van der Waals surface area contributed by atoms with Crippen LogP contribution in [0.3, 0.4) is 0 Å². The molecule has 2 atom stereocenters. The minimum atomic E-state index is -0.0612. The Morgan fingerprint density at radius 3 is 2.94 bits per heavy atom. The number of nitrogens with one attached hydrogen (secondary N) is 1. The molecule has 1 aliphatic rings. The lowest BCUT2D eigenvalue weighted by Crippen LogP contribution is -2.29. The highest BCUT2D eigenvalue weighted by molar-refractivity contribution is 5.92. The lowest BCUT2D eigenvalue weighted by molar-refractivity contribution is 0.0922. The Bertz CT molecular complexity index is 407. The smallest absolute Gasteiger partial charge is 0.317 e. The molecule has 0 amide bonds. The maximum atomic E-state index is 7.32. The summed E-state index contributed by atoms with van der Waals surface area (Å²) < 4.78 is 5.78. The zero-order chi connectivity index (χ0) is 12.3. The van der Waals surface area contributed by atoms with Crippen LogP contribution in [0, 0.1) is 11.3 Å². The molecule has 1 aliphatic carbocycles. The van der Waals surface area contributed by atoms with Gasteiger partial charge in [0.05, 0.1) is 0 Å². The van der Waals surface area contributed by atoms with Gasteiger partial charge in [0, 0.05) is 6.20 Å². The highest BCUT2D eigenvalue weighted by atomic mass is 16.5. The van der Waals surface area contributed by atoms with Crippen molar-refractivity contribution in [2.24, 2.45) is 11.7 Å². The summed E-state index contributed by atoms with van der Waals surface area (Å²) in [5, 5.41) is 7.32. The fourth-order valence-corrected chi connectivity index (χ4v) is 2.14. The molecule has 1 aromatic rings. The lowest BCUT2D eigenvalue weighted by atomic mass is 9.88. The number of hydrogen-bond acceptors (Lipinski definition) is 4. The number of ether oxygens (including phenoxy) is 1. The summed E-state index contributed by atoms with van der Waals surface area (Å²) in [6.45, 7) is 2.19. The number of amidine groups is 1. The molecule has 0 bridgehead atoms. The normalized spacial score (nSPS) is 24.3. The first kappa shape index (κ1) is 11.8. The van der Waals surface area contributed by atoms with Crippen molar-refractivity contribution in [2.75, 3.05) is 0 Å². The van der Waals surface area contributed by atoms with Crippen molar-refractivity contribution in [3.63, 3.8) is 0 Å². The molecule has 2 unspecified atom stereocenters. The summed E-state index contributed by atoms with van der Waals surface area (Å²) in [5.41, 5.74) is 5.80. The Labute approximate surface area is 101 Å². The van der Waals surface area contributed by atoms with Gasteiger partial charge in [0.1, 0.15) is 17.6 Å². The monoisotopic (exact) mass is 234 g/mol. The summed E-state index contributed by atoms with van der Waals surface area (Å²) >= 11 is 0. The zero-order valence-corrected chi connectivity index (χ0v) is 10.0. The van der Waals surface area contributed by atoms with E-state index in [4.69, 9.17) is 15.9 Å². The molecule has 1 aromatic heterocycles. The van der Waals surface area contributed by atoms with Gasteiger partial charge in [0.2, 0.25) is 0 Å². The molecule has 0 saturated heterocycles. The predicted octanol–water partition coefficient (Wildman–Crippen LogP) is 1.72. The van der Waals surface area contributed by atoms with Crippen LogP contribution < -0.4 is 10.5 Å². The fraction of sp³-hybridized carbons (Fsp3) is 0.583. The fourth-order valence-electron chi connectivity index (χ4n) is 2.14. The van der Waals surface area contributed by atoms with E-state index >= 15 is 0 Å². The number of hydrogen-bond donors (Lipinski definition) is 2. The van der Waals surface area contributed by atoms with E-state index in [-0.39, 0.29) is 11.9 Å². The van der Waals surface area contributed by atoms with Crippen LogP contribution >= 0.6 is 0 Å². The average molecular weight is 234 g/mol. The van der Waals surface area contributed by atoms with E-state index in [0.717, 1.165) is 6.42 Å². The van der Waals surface area contributed by atoms with Gasteiger partial charge in [-0.05, 0) is 31.2 Å². The van der Waals surface area contributed by atoms with E-state index in [0.29, 0.717) is 17.6 Å². The van der Waals surface area contributed by atoms with E-state index in [9.17, 15) is 0 Å². The Kier molecular flexibility index (Phi) is 3.56. The molecule has 0 spiro atoms. The predicted molar refractivity (Wildman–Crippen MR) is 65.1 cm³/mol. The van der Waals surface area contributed by atoms with Gasteiger partial charge < -0.3 is 10.5 Å². The summed E-state index contributed by atoms with van der Waals surface area (Å²) in [4.78, 5) is 8.18. The van der Waals surface area contributed by atoms with Crippen molar-refractivity contribution >= 4 is 5.84 Å². The second-order valence-electron chi connectivity index (χ2n) is 4.56. The highest BCUT2D eigenvalue weighted by Gasteiger charge is 2.23. The number of rotatable bonds is 3. The second-order valence-corrected chi connectivity index (χ2v) is 4.56. The van der Waals surface area contributed by atoms with Crippen LogP contribution in [0.15, 0.2) is 12.3 Å². The minimum absolute atomic E-state index is 0.0612. The van der Waals surface area contributed by atoms with Gasteiger partial charge >= 0.3 is 6.01 Å². The largest absolute Gasteiger partial charge is 0.460 e. The molecule has 1 fully saturated rings. The maximum absolute atomic E-state index is 7.32. The number of nitrogen functional groups attached to an aromatic ring is 1. The second kappa shape index (κ2) is 5.12. The quantitative estimate of drug-likeness (QED) is 0.616. The molecule has 92 valence electrons. The molecular weight excluding hydrogens is 216 g/mol. The molecule has 0 aromatic carbocycles. The van der Waals surface area contributed by atoms with Crippen LogP contribution in [0.1, 0.15) is 38.3 Å². The Morgan fingerprint density at radius 2 is 2.24 bits per heavy atom. The van der Waals surface area contributed by atoms with E-state index in [2.05, 4.69) is 16.9 Å². The summed E-state index contributed by atoms with van der Waals surface area (Å²) in [5.74, 6) is 0.474. The number of aromatic nitrogens is 2. The van der Waals surface area contributed by atoms with Crippen molar-refractivity contribution in [1.29, 1.82) is 5.41 Å². The molecule has 17 heavy (non-hydrogen) atoms. The average Bonchev–Trinajstić information content (AvgIpc) is 2.32. The van der Waals surface area contributed by atoms with Gasteiger partial charge in [0.25, 0.3) is 0 Å². The van der Waals surface area contributed by atoms with Crippen molar-refractivity contribution in [3.8, 4) is 6.01 Å². The van der Waals surface area contributed by atoms with Crippen LogP contribution in [0.4, 0.5) is 0 Å². The van der Waals surface area contributed by atoms with Crippen molar-refractivity contribution < 1.29 is 4.74 Å². The third kappa shape index (κ3) is 2.93. The maximum Gasteiger partial charge on any atom is 0.317 e. The molecule has 2 rings (SSSR count). The number of nitrogens with zero attached hydrogens (tertiary/aromatic N) is 2. The van der Waals surface area contributed by atoms with Gasteiger partial charge in [-0.1, -0.05) is 13.3 Å². The third-order valence-corrected chi connectivity index (χ3v) is 3.20. The van der Waals surface area contributed by atoms with E-state index < -0.39 is 0 Å². The SMILES string of the molecule is CC1CCCCC1Oc1nccc(C(=N)N)n1. The zero-order valence-electron chi connectivity index (χ0n) is 10.0. The first-order chi connectivity index (χ1) is 8.16. The van der Waals surface area contributed by atoms with Crippen molar-refractivity contribution in [1.82, 2.24) is 9.97 Å². The van der Waals surface area contributed by atoms with Gasteiger partial charge in [-0.25, -0.2) is 4.98 Å². The molecular formula is C12H18N4O. The summed E-state index contributed by atoms with van der Waals surface area (Å²) in [6, 6.07) is 1.94. The molecule has 0 radical (unpaired) electrons. The van der Waals surface area contributed by atoms with E-state index in [1.807, 2.05) is 0 Å². The van der Waals surface area contributed by atoms with Gasteiger partial charge in [-0.15, -0.1) is 0 Å². The minimum Gasteiger partial charge on any atom is -0.460 e. The third-order valence-electron chi connectivity index (χ3n) is 3.20. The van der Waals surface area contributed by atoms with Crippen LogP contribution in [-0.4, -0.2) is 21.9 Å². The van der Waals surface area contributed by atoms with Crippen LogP contribution in [0.25, 0.3) is 0 Å². The highest BCUT2D eigenvalue weighted by Crippen LogP contribution is 2.26. The molecule has 3 N–H and O–H groups in total. The number of nitrogens with two attached hydrogens (primary N) is 1. The standard InChI is InChI=1S/C12H18N4O/c1-8-4-2-3-5-10(8)17-12-15-7-6-9(16-12)11(13)14/h6-8,10H,2-5H2,1H3,(H3,13,14). The molecule has 5 heteroatoms. The van der Waals surface area contributed by atoms with Gasteiger partial charge in [0.15, 0.2) is 0 Å². The molecule has 5 nitrogen and oxygen atoms in total. The Balaban J connectivity index is 2.07. The van der Waals surface area contributed by atoms with Crippen LogP contribution in [-0.2, 0) is 0 Å². The van der Waals surface area contributed by atoms with Gasteiger partial charge in [-0.3, -0.25) is 5.41 Å². The molecule has 1 heterocycles. The van der Waals surface area contributed by atoms with Crippen molar-refractivity contribution in [2.45, 2.75) is 38.7 Å². The first-order valence-corrected chi connectivity index (χ1v) is 6.01. The Morgan fingerprint density at radius 1 is 1.47 bits per heavy atom. The van der Waals surface area contributed by atoms with Gasteiger partial charge in [-0.2, -0.15) is 4.98 Å². The Hall–Kier alpha value is -1.65. The van der Waals surface area contributed by atoms with Crippen molar-refractivity contribution in [3.05, 3.63) is 18.0 Å². The van der Waals surface area contributed by atoms with E-state index in [1.165, 1.54) is 19.3 Å². The van der Waals surface area contributed by atoms with Crippen LogP contribution in [0.2, 0.25) is 0 Å². The molecule has 0 aliphatic heterocycles.